The Morgan fingerprint density at radius 1 is 1.23 bits per heavy atom. The highest BCUT2D eigenvalue weighted by molar-refractivity contribution is 6.30. The number of phenolic OH excluding ortho intramolecular Hbond substituents is 2. The van der Waals surface area contributed by atoms with Gasteiger partial charge in [0.1, 0.15) is 5.75 Å². The maximum atomic E-state index is 11.5. The number of halogens is 1. The second-order valence-corrected chi connectivity index (χ2v) is 4.72. The van der Waals surface area contributed by atoms with E-state index in [1.807, 2.05) is 0 Å². The molecule has 0 fully saturated rings. The Kier molecular flexibility index (Phi) is 5.21. The summed E-state index contributed by atoms with van der Waals surface area (Å²) in [6.45, 7) is -0.210. The Morgan fingerprint density at radius 2 is 2.05 bits per heavy atom. The van der Waals surface area contributed by atoms with Gasteiger partial charge in [-0.3, -0.25) is 4.79 Å². The zero-order valence-electron chi connectivity index (χ0n) is 11.4. The third-order valence-electron chi connectivity index (χ3n) is 2.57. The van der Waals surface area contributed by atoms with Gasteiger partial charge in [0.2, 0.25) is 0 Å². The van der Waals surface area contributed by atoms with Crippen LogP contribution in [0.5, 0.6) is 17.2 Å². The number of aromatic hydroxyl groups is 2. The van der Waals surface area contributed by atoms with Crippen LogP contribution in [0.4, 0.5) is 0 Å². The lowest BCUT2D eigenvalue weighted by Crippen LogP contribution is -2.24. The maximum absolute atomic E-state index is 11.5. The minimum Gasteiger partial charge on any atom is -0.504 e. The lowest BCUT2D eigenvalue weighted by atomic mass is 10.2. The molecular formula is C15H13ClN2O4. The first kappa shape index (κ1) is 15.7. The molecule has 0 radical (unpaired) electrons. The van der Waals surface area contributed by atoms with Gasteiger partial charge in [0.15, 0.2) is 18.1 Å². The number of carbonyl (C=O) groups excluding carboxylic acids is 1. The molecule has 0 aliphatic carbocycles. The highest BCUT2D eigenvalue weighted by Crippen LogP contribution is 2.23. The van der Waals surface area contributed by atoms with Gasteiger partial charge in [-0.15, -0.1) is 0 Å². The van der Waals surface area contributed by atoms with Gasteiger partial charge in [-0.05, 0) is 42.0 Å². The first-order chi connectivity index (χ1) is 10.5. The Bertz CT molecular complexity index is 704. The van der Waals surface area contributed by atoms with Crippen molar-refractivity contribution >= 4 is 23.7 Å². The Balaban J connectivity index is 1.82. The molecule has 0 unspecified atom stereocenters. The van der Waals surface area contributed by atoms with Gasteiger partial charge in [-0.25, -0.2) is 5.43 Å². The molecule has 6 nitrogen and oxygen atoms in total. The van der Waals surface area contributed by atoms with E-state index in [4.69, 9.17) is 21.4 Å². The third-order valence-corrected chi connectivity index (χ3v) is 2.80. The largest absolute Gasteiger partial charge is 0.504 e. The van der Waals surface area contributed by atoms with Crippen LogP contribution in [0.15, 0.2) is 47.6 Å². The second kappa shape index (κ2) is 7.33. The smallest absolute Gasteiger partial charge is 0.277 e. The summed E-state index contributed by atoms with van der Waals surface area (Å²) in [5.41, 5.74) is 2.80. The van der Waals surface area contributed by atoms with E-state index in [1.54, 1.807) is 24.3 Å². The lowest BCUT2D eigenvalue weighted by molar-refractivity contribution is -0.123. The van der Waals surface area contributed by atoms with E-state index in [2.05, 4.69) is 10.5 Å². The van der Waals surface area contributed by atoms with Crippen LogP contribution < -0.4 is 10.2 Å². The number of benzene rings is 2. The number of hydrogen-bond acceptors (Lipinski definition) is 5. The summed E-state index contributed by atoms with van der Waals surface area (Å²) in [4.78, 5) is 11.5. The van der Waals surface area contributed by atoms with E-state index in [1.165, 1.54) is 24.4 Å². The number of nitrogens with zero attached hydrogens (tertiary/aromatic N) is 1. The molecule has 0 heterocycles. The SMILES string of the molecule is O=C(COc1cccc(Cl)c1)N/N=C\c1ccc(O)c(O)c1. The van der Waals surface area contributed by atoms with Crippen molar-refractivity contribution in [2.45, 2.75) is 0 Å². The molecule has 2 aromatic carbocycles. The van der Waals surface area contributed by atoms with E-state index in [0.29, 0.717) is 16.3 Å². The molecule has 0 saturated heterocycles. The summed E-state index contributed by atoms with van der Waals surface area (Å²) in [7, 11) is 0. The fourth-order valence-electron chi connectivity index (χ4n) is 1.54. The first-order valence-corrected chi connectivity index (χ1v) is 6.64. The molecule has 0 aliphatic rings. The van der Waals surface area contributed by atoms with Crippen LogP contribution in [0, 0.1) is 0 Å². The van der Waals surface area contributed by atoms with Crippen LogP contribution in [0.2, 0.25) is 5.02 Å². The Hall–Kier alpha value is -2.73. The van der Waals surface area contributed by atoms with Gasteiger partial charge in [-0.1, -0.05) is 17.7 Å². The number of ether oxygens (including phenoxy) is 1. The summed E-state index contributed by atoms with van der Waals surface area (Å²) in [6, 6.07) is 10.9. The van der Waals surface area contributed by atoms with E-state index in [9.17, 15) is 9.90 Å². The summed E-state index contributed by atoms with van der Waals surface area (Å²) in [6.07, 6.45) is 1.33. The minimum atomic E-state index is -0.445. The van der Waals surface area contributed by atoms with Crippen molar-refractivity contribution in [3.05, 3.63) is 53.1 Å². The fraction of sp³-hybridized carbons (Fsp3) is 0.0667. The van der Waals surface area contributed by atoms with Crippen molar-refractivity contribution in [3.8, 4) is 17.2 Å². The zero-order valence-corrected chi connectivity index (χ0v) is 12.1. The number of rotatable bonds is 5. The molecule has 0 spiro atoms. The van der Waals surface area contributed by atoms with Crippen LogP contribution in [0.1, 0.15) is 5.56 Å². The Labute approximate surface area is 131 Å². The highest BCUT2D eigenvalue weighted by atomic mass is 35.5. The molecule has 1 amide bonds. The van der Waals surface area contributed by atoms with Crippen molar-refractivity contribution in [2.24, 2.45) is 5.10 Å². The van der Waals surface area contributed by atoms with E-state index < -0.39 is 5.91 Å². The fourth-order valence-corrected chi connectivity index (χ4v) is 1.72. The molecule has 0 atom stereocenters. The van der Waals surface area contributed by atoms with Gasteiger partial charge in [-0.2, -0.15) is 5.10 Å². The molecule has 0 saturated carbocycles. The average molecular weight is 321 g/mol. The van der Waals surface area contributed by atoms with Gasteiger partial charge in [0, 0.05) is 5.02 Å². The average Bonchev–Trinajstić information content (AvgIpc) is 2.49. The van der Waals surface area contributed by atoms with E-state index in [0.717, 1.165) is 0 Å². The molecule has 0 aromatic heterocycles. The van der Waals surface area contributed by atoms with Crippen LogP contribution >= 0.6 is 11.6 Å². The summed E-state index contributed by atoms with van der Waals surface area (Å²) >= 11 is 5.79. The second-order valence-electron chi connectivity index (χ2n) is 4.29. The number of nitrogens with one attached hydrogen (secondary N) is 1. The van der Waals surface area contributed by atoms with Gasteiger partial charge in [0.25, 0.3) is 5.91 Å². The highest BCUT2D eigenvalue weighted by Gasteiger charge is 2.02. The first-order valence-electron chi connectivity index (χ1n) is 6.27. The van der Waals surface area contributed by atoms with Gasteiger partial charge in [0.05, 0.1) is 6.21 Å². The van der Waals surface area contributed by atoms with Gasteiger partial charge < -0.3 is 14.9 Å². The van der Waals surface area contributed by atoms with Crippen molar-refractivity contribution in [1.29, 1.82) is 0 Å². The summed E-state index contributed by atoms with van der Waals surface area (Å²) in [5.74, 6) is -0.454. The maximum Gasteiger partial charge on any atom is 0.277 e. The lowest BCUT2D eigenvalue weighted by Gasteiger charge is -2.05. The van der Waals surface area contributed by atoms with Crippen molar-refractivity contribution in [3.63, 3.8) is 0 Å². The molecule has 114 valence electrons. The van der Waals surface area contributed by atoms with E-state index >= 15 is 0 Å². The molecular weight excluding hydrogens is 308 g/mol. The van der Waals surface area contributed by atoms with Crippen molar-refractivity contribution in [2.75, 3.05) is 6.61 Å². The molecule has 0 aliphatic heterocycles. The van der Waals surface area contributed by atoms with Gasteiger partial charge >= 0.3 is 0 Å². The van der Waals surface area contributed by atoms with Crippen LogP contribution in [0.3, 0.4) is 0 Å². The molecule has 22 heavy (non-hydrogen) atoms. The standard InChI is InChI=1S/C15H13ClN2O4/c16-11-2-1-3-12(7-11)22-9-15(21)18-17-8-10-4-5-13(19)14(20)6-10/h1-8,19-20H,9H2,(H,18,21)/b17-8-. The normalized spacial score (nSPS) is 10.6. The predicted octanol–water partition coefficient (Wildman–Crippen LogP) is 2.28. The predicted molar refractivity (Wildman–Crippen MR) is 82.5 cm³/mol. The quantitative estimate of drug-likeness (QED) is 0.448. The third kappa shape index (κ3) is 4.68. The number of hydrazone groups is 1. The van der Waals surface area contributed by atoms with Crippen LogP contribution in [-0.2, 0) is 4.79 Å². The molecule has 0 bridgehead atoms. The summed E-state index contributed by atoms with van der Waals surface area (Å²) < 4.78 is 5.24. The van der Waals surface area contributed by atoms with Crippen molar-refractivity contribution in [1.82, 2.24) is 5.43 Å². The Morgan fingerprint density at radius 3 is 2.77 bits per heavy atom. The van der Waals surface area contributed by atoms with Crippen molar-refractivity contribution < 1.29 is 19.7 Å². The number of hydrogen-bond donors (Lipinski definition) is 3. The van der Waals surface area contributed by atoms with Crippen LogP contribution in [0.25, 0.3) is 0 Å². The molecule has 2 rings (SSSR count). The molecule has 2 aromatic rings. The molecule has 7 heteroatoms. The number of amides is 1. The zero-order chi connectivity index (χ0) is 15.9. The topological polar surface area (TPSA) is 91.2 Å². The number of phenols is 2. The summed E-state index contributed by atoms with van der Waals surface area (Å²) in [5, 5.41) is 22.7. The monoisotopic (exact) mass is 320 g/mol. The molecule has 3 N–H and O–H groups in total. The van der Waals surface area contributed by atoms with E-state index in [-0.39, 0.29) is 18.1 Å². The minimum absolute atomic E-state index is 0.210. The number of carbonyl (C=O) groups is 1. The van der Waals surface area contributed by atoms with Crippen LogP contribution in [-0.4, -0.2) is 28.9 Å².